The third-order valence-electron chi connectivity index (χ3n) is 4.01. The Bertz CT molecular complexity index is 927. The van der Waals surface area contributed by atoms with Crippen LogP contribution in [0.4, 0.5) is 0 Å². The monoisotopic (exact) mass is 401 g/mol. The van der Waals surface area contributed by atoms with E-state index in [1.54, 1.807) is 65.7 Å². The summed E-state index contributed by atoms with van der Waals surface area (Å²) >= 11 is 11.5. The highest BCUT2D eigenvalue weighted by molar-refractivity contribution is 7.80. The van der Waals surface area contributed by atoms with Crippen LogP contribution < -0.4 is 9.88 Å². The van der Waals surface area contributed by atoms with Gasteiger partial charge in [0.15, 0.2) is 17.4 Å². The number of Topliss-reactive ketones (excluding diaryl/α,β-unsaturated/α-hetero) is 1. The second-order valence-electron chi connectivity index (χ2n) is 5.89. The van der Waals surface area contributed by atoms with Crippen molar-refractivity contribution < 1.29 is 18.9 Å². The lowest BCUT2D eigenvalue weighted by molar-refractivity contribution is -0.692. The summed E-state index contributed by atoms with van der Waals surface area (Å²) in [5.41, 5.74) is 1.17. The van der Waals surface area contributed by atoms with E-state index in [4.69, 9.17) is 28.2 Å². The number of halogens is 1. The van der Waals surface area contributed by atoms with Crippen LogP contribution in [0.2, 0.25) is 5.02 Å². The van der Waals surface area contributed by atoms with Crippen molar-refractivity contribution in [2.24, 2.45) is 0 Å². The third-order valence-corrected chi connectivity index (χ3v) is 4.63. The number of ketones is 1. The summed E-state index contributed by atoms with van der Waals surface area (Å²) in [6.45, 7) is 0.242. The number of nitrogens with zero attached hydrogens (tertiary/aromatic N) is 1. The Balaban J connectivity index is 1.90. The number of pyridine rings is 1. The van der Waals surface area contributed by atoms with E-state index in [-0.39, 0.29) is 12.4 Å². The minimum absolute atomic E-state index is 0.130. The number of carbonyl (C=O) groups excluding carboxylic acids is 1. The lowest BCUT2D eigenvalue weighted by atomic mass is 10.0. The standard InChI is InChI=1S/C20H17ClN2O3S/c21-16-7-5-15(6-8-16)19(25)18(23-9-1-3-14(12-23)13-24)20(27)22-11-17-4-2-10-26-17/h1-10,12,18,24H,11,13H2/p+1/t18-/m1/s1. The fraction of sp³-hybridized carbons (Fsp3) is 0.150. The Hall–Kier alpha value is -2.54. The van der Waals surface area contributed by atoms with E-state index in [0.717, 1.165) is 0 Å². The minimum Gasteiger partial charge on any atom is -0.467 e. The number of aromatic nitrogens is 1. The van der Waals surface area contributed by atoms with Crippen molar-refractivity contribution in [1.29, 1.82) is 0 Å². The molecular formula is C20H18ClN2O3S+. The smallest absolute Gasteiger partial charge is 0.270 e. The van der Waals surface area contributed by atoms with Crippen LogP contribution in [0.3, 0.4) is 0 Å². The molecule has 2 heterocycles. The molecule has 0 saturated carbocycles. The molecule has 0 bridgehead atoms. The van der Waals surface area contributed by atoms with Crippen LogP contribution in [-0.4, -0.2) is 15.9 Å². The summed E-state index contributed by atoms with van der Waals surface area (Å²) in [6, 6.07) is 13.1. The fourth-order valence-electron chi connectivity index (χ4n) is 2.64. The van der Waals surface area contributed by atoms with E-state index in [1.165, 1.54) is 0 Å². The number of carbonyl (C=O) groups is 1. The molecule has 1 atom stereocenters. The van der Waals surface area contributed by atoms with Crippen LogP contribution >= 0.6 is 23.8 Å². The average Bonchev–Trinajstić information content (AvgIpc) is 3.21. The van der Waals surface area contributed by atoms with E-state index in [9.17, 15) is 9.90 Å². The molecule has 3 aromatic rings. The molecule has 7 heteroatoms. The number of nitrogens with one attached hydrogen (secondary N) is 1. The van der Waals surface area contributed by atoms with Gasteiger partial charge in [0.2, 0.25) is 5.78 Å². The normalized spacial score (nSPS) is 11.8. The molecule has 1 aromatic carbocycles. The molecule has 27 heavy (non-hydrogen) atoms. The molecule has 138 valence electrons. The number of thiocarbonyl (C=S) groups is 1. The van der Waals surface area contributed by atoms with Crippen molar-refractivity contribution in [1.82, 2.24) is 5.32 Å². The maximum atomic E-state index is 13.2. The highest BCUT2D eigenvalue weighted by Crippen LogP contribution is 2.15. The SMILES string of the molecule is O=C(c1ccc(Cl)cc1)[C@H](C(=S)NCc1ccco1)[n+]1cccc(CO)c1. The van der Waals surface area contributed by atoms with Crippen molar-refractivity contribution in [2.45, 2.75) is 19.2 Å². The molecule has 2 aromatic heterocycles. The van der Waals surface area contributed by atoms with Gasteiger partial charge in [-0.2, -0.15) is 4.57 Å². The predicted molar refractivity (Wildman–Crippen MR) is 106 cm³/mol. The summed E-state index contributed by atoms with van der Waals surface area (Å²) in [5.74, 6) is 0.535. The Morgan fingerprint density at radius 2 is 2.00 bits per heavy atom. The van der Waals surface area contributed by atoms with Gasteiger partial charge in [-0.05, 0) is 42.5 Å². The molecule has 0 unspecified atom stereocenters. The van der Waals surface area contributed by atoms with Gasteiger partial charge in [0.25, 0.3) is 6.04 Å². The fourth-order valence-corrected chi connectivity index (χ4v) is 3.07. The van der Waals surface area contributed by atoms with E-state index in [0.29, 0.717) is 33.4 Å². The predicted octanol–water partition coefficient (Wildman–Crippen LogP) is 3.25. The summed E-state index contributed by atoms with van der Waals surface area (Å²) in [5, 5.41) is 13.1. The van der Waals surface area contributed by atoms with E-state index in [2.05, 4.69) is 5.32 Å². The van der Waals surface area contributed by atoms with E-state index < -0.39 is 6.04 Å². The van der Waals surface area contributed by atoms with Crippen molar-refractivity contribution in [3.05, 3.63) is 89.1 Å². The van der Waals surface area contributed by atoms with Gasteiger partial charge >= 0.3 is 0 Å². The van der Waals surface area contributed by atoms with Gasteiger partial charge in [0.1, 0.15) is 5.76 Å². The van der Waals surface area contributed by atoms with Gasteiger partial charge in [-0.1, -0.05) is 23.8 Å². The van der Waals surface area contributed by atoms with Gasteiger partial charge in [0.05, 0.1) is 19.4 Å². The van der Waals surface area contributed by atoms with Gasteiger partial charge in [-0.3, -0.25) is 4.79 Å². The molecule has 5 nitrogen and oxygen atoms in total. The molecule has 0 fully saturated rings. The molecular weight excluding hydrogens is 384 g/mol. The largest absolute Gasteiger partial charge is 0.467 e. The maximum absolute atomic E-state index is 13.2. The number of benzene rings is 1. The molecule has 0 amide bonds. The molecule has 0 aliphatic carbocycles. The van der Waals surface area contributed by atoms with Crippen molar-refractivity contribution in [2.75, 3.05) is 0 Å². The van der Waals surface area contributed by atoms with Crippen LogP contribution in [0.5, 0.6) is 0 Å². The van der Waals surface area contributed by atoms with E-state index >= 15 is 0 Å². The molecule has 0 aliphatic heterocycles. The van der Waals surface area contributed by atoms with Gasteiger partial charge < -0.3 is 14.8 Å². The molecule has 0 spiro atoms. The Labute approximate surface area is 167 Å². The van der Waals surface area contributed by atoms with Crippen molar-refractivity contribution >= 4 is 34.6 Å². The van der Waals surface area contributed by atoms with Crippen molar-refractivity contribution in [3.63, 3.8) is 0 Å². The average molecular weight is 402 g/mol. The van der Waals surface area contributed by atoms with Crippen LogP contribution in [0.25, 0.3) is 0 Å². The van der Waals surface area contributed by atoms with E-state index in [1.807, 2.05) is 6.07 Å². The van der Waals surface area contributed by atoms with Crippen LogP contribution in [-0.2, 0) is 13.2 Å². The summed E-state index contributed by atoms with van der Waals surface area (Å²) < 4.78 is 7.00. The number of furan rings is 1. The molecule has 0 aliphatic rings. The highest BCUT2D eigenvalue weighted by Gasteiger charge is 2.33. The van der Waals surface area contributed by atoms with Crippen LogP contribution in [0.1, 0.15) is 27.7 Å². The van der Waals surface area contributed by atoms with Gasteiger partial charge in [-0.25, -0.2) is 0 Å². The number of hydrogen-bond donors (Lipinski definition) is 2. The summed E-state index contributed by atoms with van der Waals surface area (Å²) in [6.07, 6.45) is 5.04. The maximum Gasteiger partial charge on any atom is 0.270 e. The number of rotatable bonds is 7. The zero-order valence-electron chi connectivity index (χ0n) is 14.3. The summed E-state index contributed by atoms with van der Waals surface area (Å²) in [7, 11) is 0. The zero-order chi connectivity index (χ0) is 19.2. The quantitative estimate of drug-likeness (QED) is 0.361. The third kappa shape index (κ3) is 4.80. The second kappa shape index (κ2) is 8.90. The first-order chi connectivity index (χ1) is 13.1. The Kier molecular flexibility index (Phi) is 6.34. The molecule has 3 rings (SSSR count). The van der Waals surface area contributed by atoms with Crippen LogP contribution in [0, 0.1) is 0 Å². The number of aliphatic hydroxyl groups excluding tert-OH is 1. The van der Waals surface area contributed by atoms with Gasteiger partial charge in [-0.15, -0.1) is 0 Å². The Morgan fingerprint density at radius 3 is 2.67 bits per heavy atom. The topological polar surface area (TPSA) is 66.4 Å². The lowest BCUT2D eigenvalue weighted by Crippen LogP contribution is -2.51. The lowest BCUT2D eigenvalue weighted by Gasteiger charge is -2.15. The number of hydrogen-bond acceptors (Lipinski definition) is 4. The first-order valence-corrected chi connectivity index (χ1v) is 9.07. The first-order valence-electron chi connectivity index (χ1n) is 8.29. The zero-order valence-corrected chi connectivity index (χ0v) is 15.9. The number of aliphatic hydroxyl groups is 1. The van der Waals surface area contributed by atoms with Gasteiger partial charge in [0, 0.05) is 22.2 Å². The molecule has 0 radical (unpaired) electrons. The minimum atomic E-state index is -0.761. The Morgan fingerprint density at radius 1 is 1.22 bits per heavy atom. The first kappa shape index (κ1) is 19.2. The molecule has 0 saturated heterocycles. The summed E-state index contributed by atoms with van der Waals surface area (Å²) in [4.78, 5) is 13.5. The van der Waals surface area contributed by atoms with Crippen molar-refractivity contribution in [3.8, 4) is 0 Å². The second-order valence-corrected chi connectivity index (χ2v) is 6.76. The molecule has 2 N–H and O–H groups in total. The highest BCUT2D eigenvalue weighted by atomic mass is 35.5. The van der Waals surface area contributed by atoms with Crippen LogP contribution in [0.15, 0.2) is 71.6 Å².